The van der Waals surface area contributed by atoms with Crippen LogP contribution >= 0.6 is 0 Å². The summed E-state index contributed by atoms with van der Waals surface area (Å²) in [5.74, 6) is 0. The van der Waals surface area contributed by atoms with Crippen LogP contribution in [0, 0.1) is 13.8 Å². The second-order valence-electron chi connectivity index (χ2n) is 7.73. The van der Waals surface area contributed by atoms with Crippen molar-refractivity contribution < 1.29 is 39.4 Å². The first kappa shape index (κ1) is 23.3. The largest absolute Gasteiger partial charge is 0.370 e. The zero-order valence-electron chi connectivity index (χ0n) is 17.7. The van der Waals surface area contributed by atoms with Gasteiger partial charge >= 0.3 is 0 Å². The topological polar surface area (TPSA) is 114 Å². The molecule has 174 valence electrons. The summed E-state index contributed by atoms with van der Waals surface area (Å²) in [4.78, 5) is -0.0797. The van der Waals surface area contributed by atoms with E-state index in [4.69, 9.17) is 22.6 Å². The van der Waals surface area contributed by atoms with Crippen molar-refractivity contribution in [3.8, 4) is 0 Å². The van der Waals surface area contributed by atoms with E-state index >= 15 is 0 Å². The van der Waals surface area contributed by atoms with E-state index in [0.29, 0.717) is 0 Å². The highest BCUT2D eigenvalue weighted by molar-refractivity contribution is 7.87. The van der Waals surface area contributed by atoms with Gasteiger partial charge in [-0.2, -0.15) is 16.8 Å². The molecule has 2 aliphatic rings. The third-order valence-corrected chi connectivity index (χ3v) is 8.02. The van der Waals surface area contributed by atoms with Crippen molar-refractivity contribution in [1.82, 2.24) is 0 Å². The van der Waals surface area contributed by atoms with Crippen molar-refractivity contribution in [2.75, 3.05) is 13.7 Å². The second kappa shape index (κ2) is 8.82. The third-order valence-electron chi connectivity index (χ3n) is 5.37. The molecule has 32 heavy (non-hydrogen) atoms. The second-order valence-corrected chi connectivity index (χ2v) is 10.9. The maximum Gasteiger partial charge on any atom is 0.297 e. The van der Waals surface area contributed by atoms with Crippen LogP contribution in [-0.2, 0) is 42.8 Å². The van der Waals surface area contributed by atoms with Gasteiger partial charge in [0.2, 0.25) is 0 Å². The highest BCUT2D eigenvalue weighted by Gasteiger charge is 2.56. The molecule has 0 N–H and O–H groups in total. The van der Waals surface area contributed by atoms with E-state index in [1.165, 1.54) is 31.4 Å². The molecule has 0 aromatic heterocycles. The van der Waals surface area contributed by atoms with Crippen LogP contribution in [-0.4, -0.2) is 61.3 Å². The fourth-order valence-corrected chi connectivity index (χ4v) is 5.81. The standard InChI is InChI=1S/C21H24O9S2/c1-13-4-8-15(9-5-13)31(22,23)29-18-17-12-27-19(18)20(21(26-3)28-17)30-32(24,25)16-10-6-14(2)7-11-16/h4-11,17-21H,12H2,1-3H3/t17-,18+,19+,20+,21-/m1/s1. The molecule has 0 unspecified atom stereocenters. The van der Waals surface area contributed by atoms with Gasteiger partial charge in [-0.25, -0.2) is 0 Å². The molecule has 9 nitrogen and oxygen atoms in total. The molecule has 2 fully saturated rings. The molecule has 2 aromatic rings. The molecule has 4 rings (SSSR count). The summed E-state index contributed by atoms with van der Waals surface area (Å²) in [5.41, 5.74) is 1.78. The molecule has 2 aromatic carbocycles. The Hall–Kier alpha value is -1.86. The Kier molecular flexibility index (Phi) is 6.43. The lowest BCUT2D eigenvalue weighted by Crippen LogP contribution is -2.56. The molecule has 2 bridgehead atoms. The first-order chi connectivity index (χ1) is 15.1. The highest BCUT2D eigenvalue weighted by atomic mass is 32.2. The van der Waals surface area contributed by atoms with Gasteiger partial charge < -0.3 is 14.2 Å². The molecule has 11 heteroatoms. The van der Waals surface area contributed by atoms with Crippen LogP contribution < -0.4 is 0 Å². The van der Waals surface area contributed by atoms with E-state index in [0.717, 1.165) is 11.1 Å². The Balaban J connectivity index is 1.59. The lowest BCUT2D eigenvalue weighted by molar-refractivity contribution is -0.241. The third kappa shape index (κ3) is 4.60. The van der Waals surface area contributed by atoms with Crippen molar-refractivity contribution >= 4 is 20.2 Å². The molecule has 0 spiro atoms. The van der Waals surface area contributed by atoms with Crippen molar-refractivity contribution in [3.05, 3.63) is 59.7 Å². The number of rotatable bonds is 7. The molecular formula is C21H24O9S2. The maximum atomic E-state index is 12.8. The van der Waals surface area contributed by atoms with Crippen molar-refractivity contribution in [1.29, 1.82) is 0 Å². The minimum atomic E-state index is -4.21. The van der Waals surface area contributed by atoms with Gasteiger partial charge in [0, 0.05) is 7.11 Å². The number of hydrogen-bond donors (Lipinski definition) is 0. The molecule has 0 saturated carbocycles. The molecule has 0 aliphatic carbocycles. The first-order valence-corrected chi connectivity index (χ1v) is 12.7. The van der Waals surface area contributed by atoms with Crippen LogP contribution in [0.15, 0.2) is 58.3 Å². The van der Waals surface area contributed by atoms with Crippen molar-refractivity contribution in [2.24, 2.45) is 0 Å². The summed E-state index contributed by atoms with van der Waals surface area (Å²) in [5, 5.41) is 0. The number of fused-ring (bicyclic) bond motifs is 2. The predicted molar refractivity (Wildman–Crippen MR) is 112 cm³/mol. The smallest absolute Gasteiger partial charge is 0.297 e. The molecule has 2 heterocycles. The van der Waals surface area contributed by atoms with Crippen LogP contribution in [0.4, 0.5) is 0 Å². The zero-order valence-corrected chi connectivity index (χ0v) is 19.3. The van der Waals surface area contributed by atoms with Crippen molar-refractivity contribution in [2.45, 2.75) is 54.3 Å². The Bertz CT molecular complexity index is 1160. The van der Waals surface area contributed by atoms with E-state index < -0.39 is 50.9 Å². The van der Waals surface area contributed by atoms with Crippen LogP contribution in [0.25, 0.3) is 0 Å². The monoisotopic (exact) mass is 484 g/mol. The van der Waals surface area contributed by atoms with Gasteiger partial charge in [0.05, 0.1) is 16.4 Å². The van der Waals surface area contributed by atoms with Gasteiger partial charge in [-0.05, 0) is 38.1 Å². The van der Waals surface area contributed by atoms with Gasteiger partial charge in [0.25, 0.3) is 20.2 Å². The number of benzene rings is 2. The maximum absolute atomic E-state index is 12.8. The SMILES string of the molecule is CO[C@@H]1O[C@@H]2CO[C@H]([C@@H]1OS(=O)(=O)c1ccc(C)cc1)[C@H]2OS(=O)(=O)c1ccc(C)cc1. The first-order valence-electron chi connectivity index (χ1n) is 9.90. The number of methoxy groups -OCH3 is 1. The fraction of sp³-hybridized carbons (Fsp3) is 0.429. The van der Waals surface area contributed by atoms with Crippen LogP contribution in [0.2, 0.25) is 0 Å². The summed E-state index contributed by atoms with van der Waals surface area (Å²) < 4.78 is 78.8. The van der Waals surface area contributed by atoms with Crippen LogP contribution in [0.5, 0.6) is 0 Å². The van der Waals surface area contributed by atoms with Gasteiger partial charge in [-0.3, -0.25) is 8.37 Å². The van der Waals surface area contributed by atoms with Gasteiger partial charge in [0.1, 0.15) is 18.3 Å². The zero-order chi connectivity index (χ0) is 23.1. The predicted octanol–water partition coefficient (Wildman–Crippen LogP) is 1.92. The van der Waals surface area contributed by atoms with Crippen molar-refractivity contribution in [3.63, 3.8) is 0 Å². The van der Waals surface area contributed by atoms with E-state index in [2.05, 4.69) is 0 Å². The van der Waals surface area contributed by atoms with E-state index in [1.54, 1.807) is 24.3 Å². The van der Waals surface area contributed by atoms with Gasteiger partial charge in [-0.1, -0.05) is 35.4 Å². The Labute approximate surface area is 187 Å². The Morgan fingerprint density at radius 1 is 0.781 bits per heavy atom. The average molecular weight is 485 g/mol. The summed E-state index contributed by atoms with van der Waals surface area (Å²) in [6.07, 6.45) is -5.28. The van der Waals surface area contributed by atoms with Gasteiger partial charge in [0.15, 0.2) is 12.4 Å². The number of ether oxygens (including phenoxy) is 3. The van der Waals surface area contributed by atoms with E-state index in [-0.39, 0.29) is 16.4 Å². The summed E-state index contributed by atoms with van der Waals surface area (Å²) in [6, 6.07) is 12.3. The Morgan fingerprint density at radius 3 is 1.72 bits per heavy atom. The summed E-state index contributed by atoms with van der Waals surface area (Å²) >= 11 is 0. The number of aryl methyl sites for hydroxylation is 2. The average Bonchev–Trinajstić information content (AvgIpc) is 3.02. The highest BCUT2D eigenvalue weighted by Crippen LogP contribution is 2.37. The van der Waals surface area contributed by atoms with E-state index in [9.17, 15) is 16.8 Å². The lowest BCUT2D eigenvalue weighted by Gasteiger charge is -2.37. The van der Waals surface area contributed by atoms with E-state index in [1.807, 2.05) is 13.8 Å². The van der Waals surface area contributed by atoms with Crippen LogP contribution in [0.1, 0.15) is 11.1 Å². The molecule has 0 radical (unpaired) electrons. The minimum absolute atomic E-state index is 0.00303. The van der Waals surface area contributed by atoms with Crippen LogP contribution in [0.3, 0.4) is 0 Å². The normalized spacial score (nSPS) is 28.0. The summed E-state index contributed by atoms with van der Waals surface area (Å²) in [6.45, 7) is 3.67. The molecule has 0 amide bonds. The Morgan fingerprint density at radius 2 is 1.25 bits per heavy atom. The fourth-order valence-electron chi connectivity index (χ4n) is 3.63. The van der Waals surface area contributed by atoms with Gasteiger partial charge in [-0.15, -0.1) is 0 Å². The number of hydrogen-bond acceptors (Lipinski definition) is 9. The lowest BCUT2D eigenvalue weighted by atomic mass is 10.0. The molecular weight excluding hydrogens is 460 g/mol. The quantitative estimate of drug-likeness (QED) is 0.544. The summed E-state index contributed by atoms with van der Waals surface area (Å²) in [7, 11) is -7.03. The molecule has 2 saturated heterocycles. The molecule has 2 aliphatic heterocycles. The minimum Gasteiger partial charge on any atom is -0.370 e. The molecule has 5 atom stereocenters.